The molecule has 0 radical (unpaired) electrons. The van der Waals surface area contributed by atoms with E-state index in [1.807, 2.05) is 112 Å². The second kappa shape index (κ2) is 52.0. The molecule has 6 saturated heterocycles. The summed E-state index contributed by atoms with van der Waals surface area (Å²) in [4.78, 5) is 146. The lowest BCUT2D eigenvalue weighted by molar-refractivity contribution is -0.149. The Bertz CT molecular complexity index is 4550. The highest BCUT2D eigenvalue weighted by atomic mass is 16.6. The van der Waals surface area contributed by atoms with E-state index in [4.69, 9.17) is 37.9 Å². The van der Waals surface area contributed by atoms with Gasteiger partial charge in [0.15, 0.2) is 11.6 Å². The monoisotopic (exact) mass is 1920 g/mol. The number of rotatable bonds is 26. The van der Waals surface area contributed by atoms with E-state index >= 15 is 0 Å². The molecule has 12 aliphatic rings. The first-order chi connectivity index (χ1) is 64.7. The van der Waals surface area contributed by atoms with E-state index in [2.05, 4.69) is 98.8 Å². The average Bonchev–Trinajstić information content (AvgIpc) is 1.53. The molecule has 0 aromatic rings. The van der Waals surface area contributed by atoms with E-state index in [0.29, 0.717) is 12.3 Å². The van der Waals surface area contributed by atoms with Gasteiger partial charge in [-0.25, -0.2) is 0 Å². The van der Waals surface area contributed by atoms with Crippen molar-refractivity contribution in [2.45, 2.75) is 403 Å². The van der Waals surface area contributed by atoms with Crippen LogP contribution in [0, 0.1) is 38.4 Å². The van der Waals surface area contributed by atoms with E-state index in [1.54, 1.807) is 6.08 Å². The molecule has 6 aliphatic carbocycles. The number of carbonyl (C=O) groups is 12. The summed E-state index contributed by atoms with van der Waals surface area (Å²) in [6, 6.07) is 0. The molecular formula is C111H158O27. The van der Waals surface area contributed by atoms with Crippen molar-refractivity contribution in [2.75, 3.05) is 14.2 Å². The van der Waals surface area contributed by atoms with Crippen LogP contribution in [0.1, 0.15) is 311 Å². The van der Waals surface area contributed by atoms with Crippen LogP contribution in [0.4, 0.5) is 0 Å². The van der Waals surface area contributed by atoms with Crippen LogP contribution in [0.3, 0.4) is 0 Å². The molecule has 6 spiro atoms. The van der Waals surface area contributed by atoms with E-state index in [9.17, 15) is 93.3 Å². The molecular weight excluding hydrogens is 1770 g/mol. The molecule has 6 aliphatic heterocycles. The molecule has 4 saturated carbocycles. The Balaban J connectivity index is 0.000000225. The first-order valence-electron chi connectivity index (χ1n) is 49.1. The number of hydrogen-bond acceptors (Lipinski definition) is 27. The zero-order valence-corrected chi connectivity index (χ0v) is 85.6. The van der Waals surface area contributed by atoms with Gasteiger partial charge in [0.05, 0.1) is 126 Å². The lowest BCUT2D eigenvalue weighted by atomic mass is 9.66. The second-order valence-corrected chi connectivity index (χ2v) is 42.1. The quantitative estimate of drug-likeness (QED) is 0.0240. The Labute approximate surface area is 817 Å². The van der Waals surface area contributed by atoms with Gasteiger partial charge in [-0.3, -0.25) is 57.5 Å². The van der Waals surface area contributed by atoms with Crippen molar-refractivity contribution < 1.29 is 131 Å². The van der Waals surface area contributed by atoms with Gasteiger partial charge >= 0.3 is 35.8 Å². The van der Waals surface area contributed by atoms with Gasteiger partial charge in [0.25, 0.3) is 0 Å². The summed E-state index contributed by atoms with van der Waals surface area (Å²) < 4.78 is 42.8. The minimum absolute atomic E-state index is 0.0158. The predicted octanol–water partition coefficient (Wildman–Crippen LogP) is 16.6. The maximum Gasteiger partial charge on any atom is 0.307 e. The van der Waals surface area contributed by atoms with Crippen LogP contribution >= 0.6 is 0 Å². The molecule has 22 atom stereocenters. The molecule has 0 aromatic heterocycles. The van der Waals surface area contributed by atoms with E-state index < -0.39 is 136 Å². The van der Waals surface area contributed by atoms with Crippen LogP contribution in [0.25, 0.3) is 0 Å². The number of esters is 6. The van der Waals surface area contributed by atoms with Gasteiger partial charge in [-0.15, -0.1) is 0 Å². The van der Waals surface area contributed by atoms with Crippen LogP contribution in [-0.2, 0) is 95.4 Å². The fraction of sp³-hybridized carbons (Fsp3) is 0.640. The summed E-state index contributed by atoms with van der Waals surface area (Å²) in [6.07, 6.45) is 32.5. The topological polar surface area (TPSA) is 420 Å². The number of hydrogen-bond donors (Lipinski definition) is 7. The van der Waals surface area contributed by atoms with Crippen molar-refractivity contribution >= 4 is 70.5 Å². The highest BCUT2D eigenvalue weighted by molar-refractivity contribution is 6.02. The number of allylic oxidation sites excluding steroid dienone is 21. The summed E-state index contributed by atoms with van der Waals surface area (Å²) in [5.74, 6) is -2.48. The number of aliphatic hydroxyl groups excluding tert-OH is 7. The number of ether oxygens (including phenoxy) is 8. The summed E-state index contributed by atoms with van der Waals surface area (Å²) in [5, 5.41) is 69.7. The fourth-order valence-corrected chi connectivity index (χ4v) is 20.4. The molecule has 138 heavy (non-hydrogen) atoms. The third-order valence-electron chi connectivity index (χ3n) is 28.5. The number of Topliss-reactive ketones (excluding diaryl/α,β-unsaturated/α-hetero) is 4. The van der Waals surface area contributed by atoms with Crippen LogP contribution in [0.2, 0.25) is 0 Å². The van der Waals surface area contributed by atoms with Crippen molar-refractivity contribution in [3.05, 3.63) is 164 Å². The zero-order valence-electron chi connectivity index (χ0n) is 85.6. The van der Waals surface area contributed by atoms with Gasteiger partial charge in [-0.05, 0) is 295 Å². The number of carbonyl (C=O) groups excluding carboxylic acids is 12. The van der Waals surface area contributed by atoms with Crippen LogP contribution < -0.4 is 0 Å². The summed E-state index contributed by atoms with van der Waals surface area (Å²) in [5.41, 5.74) is 8.62. The van der Waals surface area contributed by atoms with Crippen molar-refractivity contribution in [2.24, 2.45) is 38.4 Å². The standard InChI is InChI=1S/2C19H28O5.C19H26O3.2C18H26O5.C18H24O4/c2*1-12(2)6-5-7-13(3)8-17-19(11-18(22)24-17)10-14(20)15(23-4)9-16(19)21;1-13(2)6-5-7-14(3)10-17-19(12-18(21)22-17)11-15(4)8-9-16(19)20;2*1-11(2)5-4-6-12(3)7-16-18(10-17(22)23-16)9-14(20)13(19)8-15(18)21;1-12(2)5-4-6-13(3)9-16-18(11-17(21)22-16)10-14(19)7-8-15(18)20/h2*6,8,14-15,17,20H,5,7,9-11H2,1-4H3;6,8-10,15,17H,5,7,11-12H2,1-4H3;2*5,7,13-14,16,19-20H,4,6,8-10H2,1-3H3;5,7-9,14,16,19H,4,6,10-11H2,1-3H3/b2*13-8+;14-10+;2*12-7+;13-9+/t14-,15+,17+,19?;14-,15-,17+,19?;15-,17-,19?;13-,14+,16-,18?;13-,14-,16+,18?;14-,16-,18?/m001101/s1. The third kappa shape index (κ3) is 31.4. The highest BCUT2D eigenvalue weighted by Gasteiger charge is 2.63. The molecule has 7 N–H and O–H groups in total. The van der Waals surface area contributed by atoms with E-state index in [0.717, 1.165) is 105 Å². The summed E-state index contributed by atoms with van der Waals surface area (Å²) >= 11 is 0. The Morgan fingerprint density at radius 2 is 0.500 bits per heavy atom. The SMILES string of the molecule is CC(C)=CCC/C(C)=C/[C@H]1OC(=O)CC12C[C@H](C)C=CC2=O.CC(C)=CCC/C(C)=C/[C@H]1OC(=O)CC12C[C@H](O)C=CC2=O.CC(C)=CCC/C(C)=C/[C@H]1OC(=O)CC12C[C@H](O)[C@@H](O)CC2=O.CC(C)=CCC/C(C)=C/[C@H]1OC(=O)CC12C[C@H](O)[C@H](O)CC2=O.CO[C@@H]1CC(=O)C2(CC(=O)O[C@@H]2/C=C(\C)CCC=C(C)C)C[C@@H]1O.CO[C@H]1CC(=O)C2(CC(=O)O[C@@H]2/C=C(\C)CCC=C(C)C)C[C@@H]1O. The molecule has 10 fully saturated rings. The minimum atomic E-state index is -1.05. The predicted molar refractivity (Wildman–Crippen MR) is 523 cm³/mol. The molecule has 27 heteroatoms. The largest absolute Gasteiger partial charge is 0.457 e. The minimum Gasteiger partial charge on any atom is -0.457 e. The molecule has 27 nitrogen and oxygen atoms in total. The number of methoxy groups -OCH3 is 2. The number of ketones is 6. The van der Waals surface area contributed by atoms with Crippen molar-refractivity contribution in [1.29, 1.82) is 0 Å². The third-order valence-corrected chi connectivity index (χ3v) is 28.5. The Morgan fingerprint density at radius 1 is 0.290 bits per heavy atom. The maximum absolute atomic E-state index is 12.7. The second-order valence-electron chi connectivity index (χ2n) is 42.1. The molecule has 0 bridgehead atoms. The zero-order chi connectivity index (χ0) is 103. The van der Waals surface area contributed by atoms with Crippen molar-refractivity contribution in [3.63, 3.8) is 0 Å². The van der Waals surface area contributed by atoms with Crippen LogP contribution in [-0.4, -0.2) is 212 Å². The molecule has 6 heterocycles. The Kier molecular flexibility index (Phi) is 43.7. The van der Waals surface area contributed by atoms with Gasteiger partial charge in [-0.1, -0.05) is 122 Å². The van der Waals surface area contributed by atoms with Crippen LogP contribution in [0.15, 0.2) is 164 Å². The average molecular weight is 1920 g/mol. The van der Waals surface area contributed by atoms with Crippen LogP contribution in [0.5, 0.6) is 0 Å². The normalized spacial score (nSPS) is 33.3. The molecule has 0 aromatic carbocycles. The lowest BCUT2D eigenvalue weighted by Crippen LogP contribution is -2.51. The van der Waals surface area contributed by atoms with E-state index in [1.165, 1.54) is 65.4 Å². The number of cyclic esters (lactones) is 6. The van der Waals surface area contributed by atoms with Crippen molar-refractivity contribution in [1.82, 2.24) is 0 Å². The first kappa shape index (κ1) is 116. The van der Waals surface area contributed by atoms with Gasteiger partial charge in [0.1, 0.15) is 59.8 Å². The maximum atomic E-state index is 12.7. The Morgan fingerprint density at radius 3 is 0.739 bits per heavy atom. The number of aliphatic hydroxyl groups is 7. The lowest BCUT2D eigenvalue weighted by Gasteiger charge is -2.39. The van der Waals surface area contributed by atoms with Gasteiger partial charge < -0.3 is 73.6 Å². The fourth-order valence-electron chi connectivity index (χ4n) is 20.4. The highest BCUT2D eigenvalue weighted by Crippen LogP contribution is 2.53. The Hall–Kier alpha value is -9.16. The van der Waals surface area contributed by atoms with Gasteiger partial charge in [0.2, 0.25) is 0 Å². The first-order valence-corrected chi connectivity index (χ1v) is 49.1. The molecule has 6 unspecified atom stereocenters. The summed E-state index contributed by atoms with van der Waals surface area (Å²) in [7, 11) is 2.97. The molecule has 12 rings (SSSR count). The van der Waals surface area contributed by atoms with E-state index in [-0.39, 0.29) is 155 Å². The molecule has 764 valence electrons. The smallest absolute Gasteiger partial charge is 0.307 e. The molecule has 0 amide bonds. The summed E-state index contributed by atoms with van der Waals surface area (Å²) in [6.45, 7) is 38.7. The van der Waals surface area contributed by atoms with Gasteiger partial charge in [-0.2, -0.15) is 0 Å². The van der Waals surface area contributed by atoms with Gasteiger partial charge in [0, 0.05) is 39.9 Å². The van der Waals surface area contributed by atoms with Crippen molar-refractivity contribution in [3.8, 4) is 0 Å².